The third-order valence-corrected chi connectivity index (χ3v) is 4.36. The molecular weight excluding hydrogens is 316 g/mol. The second kappa shape index (κ2) is 7.30. The van der Waals surface area contributed by atoms with Crippen LogP contribution in [0.15, 0.2) is 60.7 Å². The molecule has 2 aromatic rings. The Bertz CT molecular complexity index is 774. The fourth-order valence-electron chi connectivity index (χ4n) is 3.15. The van der Waals surface area contributed by atoms with Crippen molar-refractivity contribution in [2.24, 2.45) is 0 Å². The predicted molar refractivity (Wildman–Crippen MR) is 93.5 cm³/mol. The molecule has 2 atom stereocenters. The van der Waals surface area contributed by atoms with Gasteiger partial charge in [-0.2, -0.15) is 0 Å². The molecule has 128 valence electrons. The van der Waals surface area contributed by atoms with E-state index in [1.165, 1.54) is 6.92 Å². The topological polar surface area (TPSA) is 66.5 Å². The molecule has 1 saturated heterocycles. The summed E-state index contributed by atoms with van der Waals surface area (Å²) in [7, 11) is 0. The Labute approximate surface area is 146 Å². The first-order chi connectivity index (χ1) is 12.1. The minimum atomic E-state index is -0.806. The average Bonchev–Trinajstić information content (AvgIpc) is 2.61. The van der Waals surface area contributed by atoms with Crippen molar-refractivity contribution in [3.63, 3.8) is 0 Å². The molecule has 0 spiro atoms. The summed E-state index contributed by atoms with van der Waals surface area (Å²) in [5.74, 6) is -1.05. The van der Waals surface area contributed by atoms with Crippen LogP contribution in [-0.2, 0) is 27.2 Å². The van der Waals surface area contributed by atoms with Gasteiger partial charge in [-0.3, -0.25) is 19.3 Å². The summed E-state index contributed by atoms with van der Waals surface area (Å²) in [6, 6.07) is 17.3. The van der Waals surface area contributed by atoms with Gasteiger partial charge in [0.2, 0.25) is 11.8 Å². The molecule has 0 aliphatic carbocycles. The quantitative estimate of drug-likeness (QED) is 0.924. The van der Waals surface area contributed by atoms with Crippen molar-refractivity contribution in [2.75, 3.05) is 0 Å². The highest BCUT2D eigenvalue weighted by molar-refractivity contribution is 6.06. The summed E-state index contributed by atoms with van der Waals surface area (Å²) in [5, 5.41) is 2.79. The van der Waals surface area contributed by atoms with E-state index in [0.29, 0.717) is 12.8 Å². The van der Waals surface area contributed by atoms with Crippen LogP contribution in [0.4, 0.5) is 0 Å². The van der Waals surface area contributed by atoms with Crippen LogP contribution in [-0.4, -0.2) is 34.7 Å². The summed E-state index contributed by atoms with van der Waals surface area (Å²) < 4.78 is 0. The van der Waals surface area contributed by atoms with Crippen LogP contribution < -0.4 is 5.32 Å². The molecule has 0 saturated carbocycles. The van der Waals surface area contributed by atoms with Crippen LogP contribution in [0, 0.1) is 0 Å². The fraction of sp³-hybridized carbons (Fsp3) is 0.250. The molecule has 1 heterocycles. The standard InChI is InChI=1S/C20H20N2O3/c1-14(23)22-18(13-16-10-6-3-7-11-16)19(24)21-17(20(22)25)12-15-8-4-2-5-9-15/h2-11,17-18H,12-13H2,1H3,(H,21,24)/t17-,18-/m0/s1. The van der Waals surface area contributed by atoms with E-state index >= 15 is 0 Å². The Morgan fingerprint density at radius 3 is 1.96 bits per heavy atom. The van der Waals surface area contributed by atoms with Crippen molar-refractivity contribution in [2.45, 2.75) is 31.8 Å². The number of nitrogens with zero attached hydrogens (tertiary/aromatic N) is 1. The van der Waals surface area contributed by atoms with E-state index in [9.17, 15) is 14.4 Å². The maximum atomic E-state index is 12.8. The van der Waals surface area contributed by atoms with Gasteiger partial charge < -0.3 is 5.32 Å². The summed E-state index contributed by atoms with van der Waals surface area (Å²) in [6.45, 7) is 1.33. The normalized spacial score (nSPS) is 20.3. The second-order valence-corrected chi connectivity index (χ2v) is 6.18. The van der Waals surface area contributed by atoms with Gasteiger partial charge in [-0.15, -0.1) is 0 Å². The number of rotatable bonds is 4. The molecule has 1 aliphatic rings. The Hall–Kier alpha value is -2.95. The van der Waals surface area contributed by atoms with Gasteiger partial charge in [-0.25, -0.2) is 0 Å². The molecule has 2 aromatic carbocycles. The number of nitrogens with one attached hydrogen (secondary N) is 1. The zero-order valence-electron chi connectivity index (χ0n) is 14.0. The summed E-state index contributed by atoms with van der Waals surface area (Å²) in [5.41, 5.74) is 1.84. The summed E-state index contributed by atoms with van der Waals surface area (Å²) in [6.07, 6.45) is 0.684. The Balaban J connectivity index is 1.82. The van der Waals surface area contributed by atoms with Crippen molar-refractivity contribution in [1.82, 2.24) is 10.2 Å². The SMILES string of the molecule is CC(=O)N1C(=O)[C@H](Cc2ccccc2)NC(=O)[C@@H]1Cc1ccccc1. The molecule has 0 bridgehead atoms. The predicted octanol–water partition coefficient (Wildman–Crippen LogP) is 1.71. The summed E-state index contributed by atoms with van der Waals surface area (Å²) >= 11 is 0. The number of amides is 3. The highest BCUT2D eigenvalue weighted by atomic mass is 16.2. The Morgan fingerprint density at radius 1 is 0.920 bits per heavy atom. The molecule has 1 N–H and O–H groups in total. The molecule has 1 aliphatic heterocycles. The first-order valence-corrected chi connectivity index (χ1v) is 8.28. The van der Waals surface area contributed by atoms with Crippen LogP contribution in [0.2, 0.25) is 0 Å². The van der Waals surface area contributed by atoms with Crippen LogP contribution in [0.25, 0.3) is 0 Å². The van der Waals surface area contributed by atoms with Gasteiger partial charge in [0, 0.05) is 19.8 Å². The largest absolute Gasteiger partial charge is 0.342 e. The number of hydrogen-bond donors (Lipinski definition) is 1. The lowest BCUT2D eigenvalue weighted by Crippen LogP contribution is -2.65. The lowest BCUT2D eigenvalue weighted by molar-refractivity contribution is -0.157. The van der Waals surface area contributed by atoms with Gasteiger partial charge in [-0.1, -0.05) is 60.7 Å². The van der Waals surface area contributed by atoms with Crippen LogP contribution in [0.1, 0.15) is 18.1 Å². The first kappa shape index (κ1) is 16.9. The Morgan fingerprint density at radius 2 is 1.44 bits per heavy atom. The van der Waals surface area contributed by atoms with Gasteiger partial charge in [0.15, 0.2) is 0 Å². The third kappa shape index (κ3) is 3.76. The van der Waals surface area contributed by atoms with Crippen LogP contribution in [0.3, 0.4) is 0 Å². The molecule has 0 unspecified atom stereocenters. The lowest BCUT2D eigenvalue weighted by Gasteiger charge is -2.37. The molecule has 0 radical (unpaired) electrons. The van der Waals surface area contributed by atoms with Gasteiger partial charge in [0.05, 0.1) is 0 Å². The lowest BCUT2D eigenvalue weighted by atomic mass is 9.96. The molecule has 3 amide bonds. The molecule has 25 heavy (non-hydrogen) atoms. The Kier molecular flexibility index (Phi) is 4.93. The van der Waals surface area contributed by atoms with Crippen molar-refractivity contribution < 1.29 is 14.4 Å². The van der Waals surface area contributed by atoms with E-state index in [-0.39, 0.29) is 11.8 Å². The van der Waals surface area contributed by atoms with Crippen molar-refractivity contribution in [1.29, 1.82) is 0 Å². The van der Waals surface area contributed by atoms with Gasteiger partial charge in [-0.05, 0) is 11.1 Å². The maximum Gasteiger partial charge on any atom is 0.252 e. The number of benzene rings is 2. The van der Waals surface area contributed by atoms with E-state index in [1.54, 1.807) is 0 Å². The van der Waals surface area contributed by atoms with Crippen molar-refractivity contribution >= 4 is 17.7 Å². The molecule has 1 fully saturated rings. The molecule has 3 rings (SSSR count). The highest BCUT2D eigenvalue weighted by Crippen LogP contribution is 2.18. The van der Waals surface area contributed by atoms with Gasteiger partial charge in [0.25, 0.3) is 5.91 Å². The van der Waals surface area contributed by atoms with E-state index < -0.39 is 18.0 Å². The molecular formula is C20H20N2O3. The van der Waals surface area contributed by atoms with Gasteiger partial charge in [0.1, 0.15) is 12.1 Å². The van der Waals surface area contributed by atoms with Gasteiger partial charge >= 0.3 is 0 Å². The number of carbonyl (C=O) groups excluding carboxylic acids is 3. The number of imide groups is 1. The molecule has 5 heteroatoms. The smallest absolute Gasteiger partial charge is 0.252 e. The minimum absolute atomic E-state index is 0.292. The van der Waals surface area contributed by atoms with E-state index in [2.05, 4.69) is 5.32 Å². The van der Waals surface area contributed by atoms with Crippen molar-refractivity contribution in [3.8, 4) is 0 Å². The maximum absolute atomic E-state index is 12.8. The summed E-state index contributed by atoms with van der Waals surface area (Å²) in [4.78, 5) is 38.6. The first-order valence-electron chi connectivity index (χ1n) is 8.28. The van der Waals surface area contributed by atoms with E-state index in [1.807, 2.05) is 60.7 Å². The monoisotopic (exact) mass is 336 g/mol. The number of piperazine rings is 1. The fourth-order valence-corrected chi connectivity index (χ4v) is 3.15. The number of hydrogen-bond acceptors (Lipinski definition) is 3. The number of carbonyl (C=O) groups is 3. The zero-order valence-corrected chi connectivity index (χ0v) is 14.0. The minimum Gasteiger partial charge on any atom is -0.342 e. The average molecular weight is 336 g/mol. The highest BCUT2D eigenvalue weighted by Gasteiger charge is 2.42. The molecule has 5 nitrogen and oxygen atoms in total. The van der Waals surface area contributed by atoms with Crippen LogP contribution in [0.5, 0.6) is 0 Å². The third-order valence-electron chi connectivity index (χ3n) is 4.36. The van der Waals surface area contributed by atoms with E-state index in [4.69, 9.17) is 0 Å². The second-order valence-electron chi connectivity index (χ2n) is 6.18. The molecule has 0 aromatic heterocycles. The van der Waals surface area contributed by atoms with Crippen LogP contribution >= 0.6 is 0 Å². The van der Waals surface area contributed by atoms with E-state index in [0.717, 1.165) is 16.0 Å². The zero-order chi connectivity index (χ0) is 17.8. The van der Waals surface area contributed by atoms with Crippen molar-refractivity contribution in [3.05, 3.63) is 71.8 Å².